The minimum absolute atomic E-state index is 0.0215. The first-order chi connectivity index (χ1) is 15.2. The highest BCUT2D eigenvalue weighted by Gasteiger charge is 2.30. The molecule has 0 aliphatic heterocycles. The van der Waals surface area contributed by atoms with Crippen molar-refractivity contribution in [2.75, 3.05) is 6.54 Å². The number of rotatable bonds is 9. The summed E-state index contributed by atoms with van der Waals surface area (Å²) in [5, 5.41) is 2.41. The summed E-state index contributed by atoms with van der Waals surface area (Å²) in [5.74, 6) is 0.309. The molecule has 1 fully saturated rings. The van der Waals surface area contributed by atoms with Gasteiger partial charge >= 0.3 is 0 Å². The van der Waals surface area contributed by atoms with Crippen LogP contribution in [0.5, 0.6) is 0 Å². The Morgan fingerprint density at radius 1 is 1.28 bits per heavy atom. The Hall–Kier alpha value is -2.16. The van der Waals surface area contributed by atoms with Gasteiger partial charge in [-0.3, -0.25) is 4.79 Å². The Labute approximate surface area is 197 Å². The van der Waals surface area contributed by atoms with E-state index in [-0.39, 0.29) is 22.9 Å². The maximum absolute atomic E-state index is 13.2. The number of benzene rings is 1. The number of carbonyl (C=O) groups is 1. The summed E-state index contributed by atoms with van der Waals surface area (Å²) in [6.07, 6.45) is 3.83. The number of sulfone groups is 1. The summed E-state index contributed by atoms with van der Waals surface area (Å²) in [6, 6.07) is 10.4. The number of nitrogens with zero attached hydrogens (tertiary/aromatic N) is 3. The maximum Gasteiger partial charge on any atom is 0.264 e. The Bertz CT molecular complexity index is 1200. The van der Waals surface area contributed by atoms with E-state index in [1.165, 1.54) is 11.3 Å². The molecule has 2 aromatic heterocycles. The average Bonchev–Trinajstić information content (AvgIpc) is 3.20. The zero-order valence-corrected chi connectivity index (χ0v) is 20.5. The minimum atomic E-state index is -3.70. The predicted molar refractivity (Wildman–Crippen MR) is 127 cm³/mol. The summed E-state index contributed by atoms with van der Waals surface area (Å²) in [6.45, 7) is 4.85. The Balaban J connectivity index is 1.63. The molecule has 1 aliphatic carbocycles. The topological polar surface area (TPSA) is 72.3 Å². The molecule has 0 radical (unpaired) electrons. The number of carbonyl (C=O) groups excluding carboxylic acids is 1. The molecule has 3 aromatic rings. The molecule has 0 bridgehead atoms. The van der Waals surface area contributed by atoms with Crippen molar-refractivity contribution >= 4 is 38.7 Å². The number of imidazole rings is 1. The van der Waals surface area contributed by atoms with Gasteiger partial charge in [-0.15, -0.1) is 11.3 Å². The lowest BCUT2D eigenvalue weighted by Crippen LogP contribution is -2.33. The molecule has 0 N–H and O–H groups in total. The van der Waals surface area contributed by atoms with E-state index in [2.05, 4.69) is 4.98 Å². The Kier molecular flexibility index (Phi) is 6.74. The second-order valence-corrected chi connectivity index (χ2v) is 11.8. The minimum Gasteiger partial charge on any atom is -0.332 e. The van der Waals surface area contributed by atoms with E-state index in [1.54, 1.807) is 35.0 Å². The summed E-state index contributed by atoms with van der Waals surface area (Å²) >= 11 is 7.45. The van der Waals surface area contributed by atoms with Crippen molar-refractivity contribution in [3.63, 3.8) is 0 Å². The molecule has 170 valence electrons. The fraction of sp³-hybridized carbons (Fsp3) is 0.391. The fourth-order valence-corrected chi connectivity index (χ4v) is 6.26. The second kappa shape index (κ2) is 9.37. The van der Waals surface area contributed by atoms with Crippen LogP contribution in [0.1, 0.15) is 53.7 Å². The van der Waals surface area contributed by atoms with Gasteiger partial charge in [-0.05, 0) is 61.7 Å². The summed E-state index contributed by atoms with van der Waals surface area (Å²) in [7, 11) is -3.70. The van der Waals surface area contributed by atoms with Crippen molar-refractivity contribution in [3.8, 4) is 0 Å². The van der Waals surface area contributed by atoms with E-state index in [0.717, 1.165) is 18.5 Å². The van der Waals surface area contributed by atoms with Crippen LogP contribution in [0.3, 0.4) is 0 Å². The van der Waals surface area contributed by atoms with Crippen molar-refractivity contribution in [2.45, 2.75) is 50.2 Å². The van der Waals surface area contributed by atoms with Gasteiger partial charge in [-0.1, -0.05) is 29.8 Å². The van der Waals surface area contributed by atoms with Gasteiger partial charge in [-0.25, -0.2) is 13.4 Å². The zero-order valence-electron chi connectivity index (χ0n) is 18.1. The van der Waals surface area contributed by atoms with E-state index >= 15 is 0 Å². The third-order valence-electron chi connectivity index (χ3n) is 5.43. The fourth-order valence-electron chi connectivity index (χ4n) is 3.77. The first-order valence-corrected chi connectivity index (χ1v) is 13.5. The Morgan fingerprint density at radius 2 is 2.06 bits per heavy atom. The summed E-state index contributed by atoms with van der Waals surface area (Å²) in [4.78, 5) is 19.9. The first-order valence-electron chi connectivity index (χ1n) is 10.6. The van der Waals surface area contributed by atoms with Crippen molar-refractivity contribution < 1.29 is 13.2 Å². The Morgan fingerprint density at radius 3 is 2.69 bits per heavy atom. The molecule has 1 aliphatic rings. The molecule has 0 saturated heterocycles. The van der Waals surface area contributed by atoms with Crippen LogP contribution in [0.15, 0.2) is 53.1 Å². The zero-order chi connectivity index (χ0) is 22.9. The molecule has 0 spiro atoms. The molecule has 4 rings (SSSR count). The number of halogens is 1. The molecule has 32 heavy (non-hydrogen) atoms. The van der Waals surface area contributed by atoms with E-state index in [0.29, 0.717) is 34.5 Å². The molecular weight excluding hydrogens is 466 g/mol. The quantitative estimate of drug-likeness (QED) is 0.412. The van der Waals surface area contributed by atoms with Crippen molar-refractivity contribution in [1.29, 1.82) is 0 Å². The summed E-state index contributed by atoms with van der Waals surface area (Å²) in [5.41, 5.74) is 1.33. The van der Waals surface area contributed by atoms with Crippen LogP contribution in [0.25, 0.3) is 0 Å². The van der Waals surface area contributed by atoms with Crippen LogP contribution < -0.4 is 0 Å². The highest BCUT2D eigenvalue weighted by molar-refractivity contribution is 7.90. The van der Waals surface area contributed by atoms with Crippen LogP contribution in [0, 0.1) is 5.92 Å². The largest absolute Gasteiger partial charge is 0.332 e. The molecule has 6 nitrogen and oxygen atoms in total. The highest BCUT2D eigenvalue weighted by Crippen LogP contribution is 2.32. The van der Waals surface area contributed by atoms with Crippen molar-refractivity contribution in [3.05, 3.63) is 69.1 Å². The number of aromatic nitrogens is 2. The predicted octanol–water partition coefficient (Wildman–Crippen LogP) is 5.21. The highest BCUT2D eigenvalue weighted by atomic mass is 35.5. The molecule has 0 atom stereocenters. The average molecular weight is 492 g/mol. The van der Waals surface area contributed by atoms with Crippen LogP contribution in [-0.2, 0) is 22.1 Å². The van der Waals surface area contributed by atoms with Crippen molar-refractivity contribution in [2.24, 2.45) is 5.92 Å². The number of hydrogen-bond donors (Lipinski definition) is 0. The van der Waals surface area contributed by atoms with E-state index in [1.807, 2.05) is 36.3 Å². The second-order valence-electron chi connectivity index (χ2n) is 8.49. The molecule has 9 heteroatoms. The van der Waals surface area contributed by atoms with Gasteiger partial charge in [0, 0.05) is 17.6 Å². The molecule has 1 amide bonds. The van der Waals surface area contributed by atoms with Crippen LogP contribution >= 0.6 is 22.9 Å². The number of hydrogen-bond acceptors (Lipinski definition) is 5. The van der Waals surface area contributed by atoms with E-state index < -0.39 is 9.84 Å². The van der Waals surface area contributed by atoms with Gasteiger partial charge in [0.25, 0.3) is 5.91 Å². The summed E-state index contributed by atoms with van der Waals surface area (Å²) < 4.78 is 28.2. The molecule has 1 aromatic carbocycles. The van der Waals surface area contributed by atoms with Gasteiger partial charge in [-0.2, -0.15) is 0 Å². The normalized spacial score (nSPS) is 14.1. The maximum atomic E-state index is 13.2. The van der Waals surface area contributed by atoms with Gasteiger partial charge in [0.05, 0.1) is 29.1 Å². The lowest BCUT2D eigenvalue weighted by Gasteiger charge is -2.24. The van der Waals surface area contributed by atoms with Crippen LogP contribution in [0.2, 0.25) is 5.02 Å². The van der Waals surface area contributed by atoms with E-state index in [4.69, 9.17) is 11.6 Å². The number of thiophene rings is 1. The third kappa shape index (κ3) is 5.24. The smallest absolute Gasteiger partial charge is 0.264 e. The van der Waals surface area contributed by atoms with Gasteiger partial charge in [0.2, 0.25) is 15.0 Å². The monoisotopic (exact) mass is 491 g/mol. The SMILES string of the molecule is CC(C)n1c(CN(CC2CC2)C(=O)c2cccs2)cnc1S(=O)(=O)Cc1cccc(Cl)c1. The molecule has 0 unspecified atom stereocenters. The van der Waals surface area contributed by atoms with Gasteiger partial charge in [0.1, 0.15) is 0 Å². The van der Waals surface area contributed by atoms with Crippen LogP contribution in [0.4, 0.5) is 0 Å². The van der Waals surface area contributed by atoms with Gasteiger partial charge < -0.3 is 9.47 Å². The standard InChI is InChI=1S/C23H26ClN3O3S2/c1-16(2)27-20(14-26(13-17-8-9-17)22(28)21-7-4-10-31-21)12-25-23(27)32(29,30)15-18-5-3-6-19(24)11-18/h3-7,10-12,16-17H,8-9,13-15H2,1-2H3. The van der Waals surface area contributed by atoms with Crippen LogP contribution in [-0.4, -0.2) is 35.3 Å². The van der Waals surface area contributed by atoms with Gasteiger partial charge in [0.15, 0.2) is 0 Å². The molecule has 2 heterocycles. The lowest BCUT2D eigenvalue weighted by molar-refractivity contribution is 0.0735. The number of amides is 1. The third-order valence-corrected chi connectivity index (χ3v) is 8.09. The van der Waals surface area contributed by atoms with Crippen molar-refractivity contribution in [1.82, 2.24) is 14.5 Å². The van der Waals surface area contributed by atoms with E-state index in [9.17, 15) is 13.2 Å². The first kappa shape index (κ1) is 23.0. The molecular formula is C23H26ClN3O3S2. The lowest BCUT2D eigenvalue weighted by atomic mass is 10.2. The molecule has 1 saturated carbocycles.